The molecule has 0 saturated carbocycles. The molecule has 4 nitrogen and oxygen atoms in total. The van der Waals surface area contributed by atoms with Crippen LogP contribution < -0.4 is 0 Å². The molecule has 4 rings (SSSR count). The quantitative estimate of drug-likeness (QED) is 0.833. The van der Waals surface area contributed by atoms with Gasteiger partial charge in [0.1, 0.15) is 0 Å². The third-order valence-electron chi connectivity index (χ3n) is 4.85. The minimum Gasteiger partial charge on any atom is -0.373 e. The van der Waals surface area contributed by atoms with Crippen LogP contribution in [0.5, 0.6) is 0 Å². The topological polar surface area (TPSA) is 34.6 Å². The van der Waals surface area contributed by atoms with Crippen LogP contribution in [0.4, 0.5) is 0 Å². The van der Waals surface area contributed by atoms with Crippen LogP contribution in [0.1, 0.15) is 28.8 Å². The molecule has 0 aromatic carbocycles. The number of thiophene rings is 1. The van der Waals surface area contributed by atoms with Crippen molar-refractivity contribution in [2.75, 3.05) is 19.7 Å². The van der Waals surface area contributed by atoms with Crippen molar-refractivity contribution < 1.29 is 9.47 Å². The lowest BCUT2D eigenvalue weighted by Crippen LogP contribution is -2.65. The number of nitrogens with zero attached hydrogens (tertiary/aromatic N) is 2. The van der Waals surface area contributed by atoms with E-state index >= 15 is 0 Å². The van der Waals surface area contributed by atoms with Crippen molar-refractivity contribution in [2.45, 2.75) is 44.6 Å². The summed E-state index contributed by atoms with van der Waals surface area (Å²) in [6, 6.07) is 6.48. The summed E-state index contributed by atoms with van der Waals surface area (Å²) in [5, 5.41) is 2.14. The van der Waals surface area contributed by atoms with Gasteiger partial charge in [-0.25, -0.2) is 0 Å². The van der Waals surface area contributed by atoms with E-state index in [0.29, 0.717) is 12.7 Å². The summed E-state index contributed by atoms with van der Waals surface area (Å²) < 4.78 is 12.3. The van der Waals surface area contributed by atoms with Crippen LogP contribution in [0.25, 0.3) is 0 Å². The van der Waals surface area contributed by atoms with Crippen LogP contribution in [0, 0.1) is 6.92 Å². The predicted molar refractivity (Wildman–Crippen MR) is 95.1 cm³/mol. The molecule has 2 saturated heterocycles. The van der Waals surface area contributed by atoms with Gasteiger partial charge < -0.3 is 9.47 Å². The Bertz CT molecular complexity index is 668. The van der Waals surface area contributed by atoms with Crippen LogP contribution in [-0.4, -0.2) is 41.3 Å². The zero-order valence-corrected chi connectivity index (χ0v) is 14.9. The van der Waals surface area contributed by atoms with Gasteiger partial charge in [-0.3, -0.25) is 9.88 Å². The molecule has 0 radical (unpaired) electrons. The summed E-state index contributed by atoms with van der Waals surface area (Å²) in [5.41, 5.74) is 2.36. The number of likely N-dealkylation sites (tertiary alicyclic amines) is 1. The van der Waals surface area contributed by atoms with Gasteiger partial charge in [0.25, 0.3) is 0 Å². The Morgan fingerprint density at radius 1 is 1.42 bits per heavy atom. The molecule has 5 heteroatoms. The second-order valence-corrected chi connectivity index (χ2v) is 8.08. The Morgan fingerprint density at radius 3 is 3.12 bits per heavy atom. The Labute approximate surface area is 147 Å². The first-order valence-electron chi connectivity index (χ1n) is 8.62. The molecule has 2 aliphatic heterocycles. The van der Waals surface area contributed by atoms with Gasteiger partial charge in [0.05, 0.1) is 18.3 Å². The SMILES string of the molecule is Cc1cncc(CO[C@H]2CCOC3(C2)CN(Cc2cccs2)C3)c1. The first kappa shape index (κ1) is 16.2. The maximum atomic E-state index is 6.16. The summed E-state index contributed by atoms with van der Waals surface area (Å²) >= 11 is 1.83. The maximum absolute atomic E-state index is 6.16. The van der Waals surface area contributed by atoms with E-state index in [0.717, 1.165) is 44.6 Å². The zero-order chi connectivity index (χ0) is 16.4. The summed E-state index contributed by atoms with van der Waals surface area (Å²) in [4.78, 5) is 8.14. The van der Waals surface area contributed by atoms with Crippen LogP contribution in [0.2, 0.25) is 0 Å². The van der Waals surface area contributed by atoms with Gasteiger partial charge in [0.15, 0.2) is 0 Å². The largest absolute Gasteiger partial charge is 0.373 e. The Hall–Kier alpha value is -1.27. The minimum absolute atomic E-state index is 0.0189. The van der Waals surface area contributed by atoms with E-state index in [1.165, 1.54) is 10.4 Å². The highest BCUT2D eigenvalue weighted by Crippen LogP contribution is 2.36. The molecule has 0 amide bonds. The van der Waals surface area contributed by atoms with Crippen LogP contribution >= 0.6 is 11.3 Å². The smallest absolute Gasteiger partial charge is 0.0959 e. The molecule has 2 aliphatic rings. The number of aromatic nitrogens is 1. The van der Waals surface area contributed by atoms with E-state index in [1.54, 1.807) is 0 Å². The van der Waals surface area contributed by atoms with E-state index in [-0.39, 0.29) is 5.60 Å². The molecular weight excluding hydrogens is 320 g/mol. The van der Waals surface area contributed by atoms with E-state index in [1.807, 2.05) is 23.7 Å². The van der Waals surface area contributed by atoms with E-state index < -0.39 is 0 Å². The fourth-order valence-corrected chi connectivity index (χ4v) is 4.51. The van der Waals surface area contributed by atoms with Crippen molar-refractivity contribution in [3.05, 3.63) is 52.0 Å². The third-order valence-corrected chi connectivity index (χ3v) is 5.71. The van der Waals surface area contributed by atoms with Gasteiger partial charge in [-0.1, -0.05) is 12.1 Å². The van der Waals surface area contributed by atoms with E-state index in [4.69, 9.17) is 9.47 Å². The molecule has 2 aromatic rings. The molecular formula is C19H24N2O2S. The Kier molecular flexibility index (Phi) is 4.68. The second-order valence-electron chi connectivity index (χ2n) is 7.05. The third kappa shape index (κ3) is 3.70. The number of ether oxygens (including phenoxy) is 2. The summed E-state index contributed by atoms with van der Waals surface area (Å²) in [7, 11) is 0. The van der Waals surface area contributed by atoms with Gasteiger partial charge in [-0.05, 0) is 35.9 Å². The van der Waals surface area contributed by atoms with Crippen LogP contribution in [0.3, 0.4) is 0 Å². The van der Waals surface area contributed by atoms with Gasteiger partial charge in [0.2, 0.25) is 0 Å². The molecule has 0 N–H and O–H groups in total. The number of rotatable bonds is 5. The van der Waals surface area contributed by atoms with Crippen molar-refractivity contribution in [1.82, 2.24) is 9.88 Å². The fraction of sp³-hybridized carbons (Fsp3) is 0.526. The average Bonchev–Trinajstić information content (AvgIpc) is 3.05. The lowest BCUT2D eigenvalue weighted by molar-refractivity contribution is -0.200. The van der Waals surface area contributed by atoms with Crippen molar-refractivity contribution in [2.24, 2.45) is 0 Å². The average molecular weight is 344 g/mol. The maximum Gasteiger partial charge on any atom is 0.0959 e. The monoisotopic (exact) mass is 344 g/mol. The zero-order valence-electron chi connectivity index (χ0n) is 14.1. The van der Waals surface area contributed by atoms with Gasteiger partial charge in [-0.15, -0.1) is 11.3 Å². The van der Waals surface area contributed by atoms with Crippen molar-refractivity contribution in [3.63, 3.8) is 0 Å². The Morgan fingerprint density at radius 2 is 2.33 bits per heavy atom. The molecule has 2 aromatic heterocycles. The molecule has 1 spiro atoms. The molecule has 0 unspecified atom stereocenters. The first-order chi connectivity index (χ1) is 11.7. The van der Waals surface area contributed by atoms with Crippen molar-refractivity contribution >= 4 is 11.3 Å². The van der Waals surface area contributed by atoms with Gasteiger partial charge >= 0.3 is 0 Å². The highest BCUT2D eigenvalue weighted by molar-refractivity contribution is 7.09. The van der Waals surface area contributed by atoms with Crippen LogP contribution in [-0.2, 0) is 22.6 Å². The highest BCUT2D eigenvalue weighted by atomic mass is 32.1. The van der Waals surface area contributed by atoms with Crippen LogP contribution in [0.15, 0.2) is 36.0 Å². The number of aryl methyl sites for hydroxylation is 1. The van der Waals surface area contributed by atoms with Gasteiger partial charge in [-0.2, -0.15) is 0 Å². The minimum atomic E-state index is 0.0189. The molecule has 24 heavy (non-hydrogen) atoms. The molecule has 4 heterocycles. The molecule has 0 bridgehead atoms. The molecule has 2 fully saturated rings. The first-order valence-corrected chi connectivity index (χ1v) is 9.50. The van der Waals surface area contributed by atoms with Crippen molar-refractivity contribution in [1.29, 1.82) is 0 Å². The van der Waals surface area contributed by atoms with E-state index in [2.05, 4.69) is 40.4 Å². The highest BCUT2D eigenvalue weighted by Gasteiger charge is 2.47. The standard InChI is InChI=1S/C19H24N2O2S/c1-15-7-16(10-20-9-15)12-22-17-4-5-23-19(8-17)13-21(14-19)11-18-3-2-6-24-18/h2-3,6-7,9-10,17H,4-5,8,11-14H2,1H3/t17-/m0/s1. The number of hydrogen-bond acceptors (Lipinski definition) is 5. The number of hydrogen-bond donors (Lipinski definition) is 0. The molecule has 0 aliphatic carbocycles. The molecule has 128 valence electrons. The Balaban J connectivity index is 1.27. The lowest BCUT2D eigenvalue weighted by atomic mass is 9.84. The van der Waals surface area contributed by atoms with Crippen molar-refractivity contribution in [3.8, 4) is 0 Å². The van der Waals surface area contributed by atoms with E-state index in [9.17, 15) is 0 Å². The summed E-state index contributed by atoms with van der Waals surface area (Å²) in [6.45, 7) is 6.62. The second kappa shape index (κ2) is 6.92. The normalized spacial score (nSPS) is 23.3. The van der Waals surface area contributed by atoms with Gasteiger partial charge in [0, 0.05) is 49.9 Å². The summed E-state index contributed by atoms with van der Waals surface area (Å²) in [5.74, 6) is 0. The summed E-state index contributed by atoms with van der Waals surface area (Å²) in [6.07, 6.45) is 6.07. The fourth-order valence-electron chi connectivity index (χ4n) is 3.76. The number of pyridine rings is 1. The predicted octanol–water partition coefficient (Wildman–Crippen LogP) is 3.40. The lowest BCUT2D eigenvalue weighted by Gasteiger charge is -2.53. The molecule has 1 atom stereocenters.